The van der Waals surface area contributed by atoms with Crippen LogP contribution in [0.3, 0.4) is 0 Å². The molecule has 0 aromatic rings. The van der Waals surface area contributed by atoms with Gasteiger partial charge < -0.3 is 16.0 Å². The van der Waals surface area contributed by atoms with E-state index in [0.717, 1.165) is 6.92 Å². The molecule has 3 amide bonds. The molecule has 134 valence electrons. The Bertz CT molecular complexity index is 454. The number of alkyl halides is 2. The quantitative estimate of drug-likeness (QED) is 0.235. The lowest BCUT2D eigenvalue weighted by molar-refractivity contribution is -0.142. The van der Waals surface area contributed by atoms with Gasteiger partial charge in [0.15, 0.2) is 0 Å². The van der Waals surface area contributed by atoms with Crippen LogP contribution in [0.15, 0.2) is 0 Å². The third-order valence-corrected chi connectivity index (χ3v) is 3.65. The summed E-state index contributed by atoms with van der Waals surface area (Å²) in [7, 11) is 1.20. The number of carbonyl (C=O) groups is 3. The Morgan fingerprint density at radius 2 is 1.74 bits per heavy atom. The van der Waals surface area contributed by atoms with Crippen LogP contribution in [-0.2, 0) is 14.4 Å². The number of hydrogen-bond acceptors (Lipinski definition) is 6. The molecule has 0 bridgehead atoms. The third kappa shape index (κ3) is 6.15. The molecule has 0 radical (unpaired) electrons. The lowest BCUT2D eigenvalue weighted by atomic mass is 10.2. The van der Waals surface area contributed by atoms with Gasteiger partial charge >= 0.3 is 0 Å². The second-order valence-corrected chi connectivity index (χ2v) is 5.45. The highest BCUT2D eigenvalue weighted by Gasteiger charge is 2.40. The number of thiol groups is 2. The molecular weight excluding hydrogens is 350 g/mol. The summed E-state index contributed by atoms with van der Waals surface area (Å²) in [5.74, 6) is -9.08. The van der Waals surface area contributed by atoms with Gasteiger partial charge in [-0.1, -0.05) is 6.92 Å². The maximum absolute atomic E-state index is 14.3. The van der Waals surface area contributed by atoms with Crippen LogP contribution in [0, 0.1) is 0 Å². The van der Waals surface area contributed by atoms with Crippen LogP contribution < -0.4 is 21.3 Å². The second kappa shape index (κ2) is 9.28. The van der Waals surface area contributed by atoms with Crippen LogP contribution in [0.25, 0.3) is 0 Å². The number of rotatable bonds is 9. The Labute approximate surface area is 144 Å². The van der Waals surface area contributed by atoms with Crippen molar-refractivity contribution in [2.45, 2.75) is 31.5 Å². The van der Waals surface area contributed by atoms with Gasteiger partial charge in [0, 0.05) is 18.6 Å². The van der Waals surface area contributed by atoms with Crippen LogP contribution in [0.5, 0.6) is 0 Å². The predicted octanol–water partition coefficient (Wildman–Crippen LogP) is -0.846. The average Bonchev–Trinajstić information content (AvgIpc) is 2.50. The van der Waals surface area contributed by atoms with Crippen molar-refractivity contribution in [3.63, 3.8) is 0 Å². The zero-order valence-electron chi connectivity index (χ0n) is 13.1. The van der Waals surface area contributed by atoms with Gasteiger partial charge in [0.1, 0.15) is 6.04 Å². The summed E-state index contributed by atoms with van der Waals surface area (Å²) in [5.41, 5.74) is 0. The molecule has 0 unspecified atom stereocenters. The van der Waals surface area contributed by atoms with E-state index >= 15 is 0 Å². The summed E-state index contributed by atoms with van der Waals surface area (Å²) in [6.45, 7) is 2.58. The van der Waals surface area contributed by atoms with Crippen LogP contribution in [-0.4, -0.2) is 60.4 Å². The van der Waals surface area contributed by atoms with Crippen LogP contribution >= 0.6 is 25.3 Å². The van der Waals surface area contributed by atoms with E-state index in [4.69, 9.17) is 0 Å². The molecule has 23 heavy (non-hydrogen) atoms. The molecule has 0 saturated carbocycles. The highest BCUT2D eigenvalue weighted by molar-refractivity contribution is 7.80. The molecule has 0 rings (SSSR count). The Morgan fingerprint density at radius 3 is 2.13 bits per heavy atom. The molecule has 0 fully saturated rings. The topological polar surface area (TPSA) is 99.3 Å². The lowest BCUT2D eigenvalue weighted by Crippen LogP contribution is -2.62. The van der Waals surface area contributed by atoms with Gasteiger partial charge in [-0.15, -0.1) is 0 Å². The van der Waals surface area contributed by atoms with Crippen LogP contribution in [0.4, 0.5) is 8.78 Å². The first-order chi connectivity index (χ1) is 10.6. The summed E-state index contributed by atoms with van der Waals surface area (Å²) in [6.07, 6.45) is 0. The van der Waals surface area contributed by atoms with Crippen molar-refractivity contribution in [1.82, 2.24) is 21.3 Å². The van der Waals surface area contributed by atoms with E-state index in [1.807, 2.05) is 10.6 Å². The summed E-state index contributed by atoms with van der Waals surface area (Å²) in [4.78, 5) is 35.2. The molecule has 0 aromatic heterocycles. The zero-order valence-corrected chi connectivity index (χ0v) is 14.9. The molecule has 0 saturated heterocycles. The molecule has 0 spiro atoms. The first kappa shape index (κ1) is 21.9. The number of hydrogen-bond donors (Lipinski definition) is 6. The van der Waals surface area contributed by atoms with Gasteiger partial charge in [-0.05, 0) is 13.5 Å². The molecule has 7 nitrogen and oxygen atoms in total. The van der Waals surface area contributed by atoms with Crippen LogP contribution in [0.2, 0.25) is 0 Å². The molecule has 0 aliphatic heterocycles. The Hall–Kier alpha value is -1.07. The molecule has 0 aliphatic carbocycles. The molecule has 4 N–H and O–H groups in total. The second-order valence-electron chi connectivity index (χ2n) is 4.77. The number of likely N-dealkylation sites (N-methyl/N-ethyl adjacent to an activating group) is 2. The van der Waals surface area contributed by atoms with E-state index in [1.165, 1.54) is 7.05 Å². The molecule has 0 aromatic carbocycles. The van der Waals surface area contributed by atoms with Crippen LogP contribution in [0.1, 0.15) is 13.8 Å². The predicted molar refractivity (Wildman–Crippen MR) is 88.9 cm³/mol. The maximum atomic E-state index is 14.3. The van der Waals surface area contributed by atoms with Crippen molar-refractivity contribution in [3.8, 4) is 0 Å². The highest BCUT2D eigenvalue weighted by atomic mass is 32.1. The third-order valence-electron chi connectivity index (χ3n) is 2.85. The normalized spacial score (nSPS) is 17.3. The Morgan fingerprint density at radius 1 is 1.17 bits per heavy atom. The first-order valence-corrected chi connectivity index (χ1v) is 8.04. The van der Waals surface area contributed by atoms with E-state index in [1.54, 1.807) is 6.92 Å². The summed E-state index contributed by atoms with van der Waals surface area (Å²) in [6, 6.07) is -1.33. The van der Waals surface area contributed by atoms with Crippen molar-refractivity contribution < 1.29 is 23.2 Å². The summed E-state index contributed by atoms with van der Waals surface area (Å²) in [5, 5.41) is 8.28. The summed E-state index contributed by atoms with van der Waals surface area (Å²) < 4.78 is 28.3. The van der Waals surface area contributed by atoms with E-state index in [9.17, 15) is 23.2 Å². The highest BCUT2D eigenvalue weighted by Crippen LogP contribution is 2.11. The van der Waals surface area contributed by atoms with Crippen molar-refractivity contribution in [2.24, 2.45) is 0 Å². The zero-order chi connectivity index (χ0) is 18.3. The standard InChI is InChI=1S/C12H22F2N4O3S2/c1-4-16-12(14,6-23)10(21)17-7(5-22)8(19)18-11(2,13)9(20)15-3/h7,16,22-23H,4-6H2,1-3H3,(H,15,20)(H,17,21)(H,18,19)/t7-,11-,12-/m1/s1. The van der Waals surface area contributed by atoms with E-state index < -0.39 is 41.1 Å². The number of halogens is 2. The molecule has 11 heteroatoms. The fraction of sp³-hybridized carbons (Fsp3) is 0.750. The van der Waals surface area contributed by atoms with Gasteiger partial charge in [-0.25, -0.2) is 8.78 Å². The maximum Gasteiger partial charge on any atom is 0.278 e. The molecule has 0 aliphatic rings. The van der Waals surface area contributed by atoms with Gasteiger partial charge in [-0.2, -0.15) is 25.3 Å². The minimum absolute atomic E-state index is 0.154. The van der Waals surface area contributed by atoms with E-state index in [-0.39, 0.29) is 12.3 Å². The molecular formula is C12H22F2N4O3S2. The van der Waals surface area contributed by atoms with Crippen molar-refractivity contribution in [1.29, 1.82) is 0 Å². The van der Waals surface area contributed by atoms with Crippen molar-refractivity contribution >= 4 is 43.0 Å². The summed E-state index contributed by atoms with van der Waals surface area (Å²) >= 11 is 7.63. The number of amides is 3. The number of carbonyl (C=O) groups excluding carboxylic acids is 3. The minimum Gasteiger partial charge on any atom is -0.355 e. The van der Waals surface area contributed by atoms with Crippen molar-refractivity contribution in [2.75, 3.05) is 25.1 Å². The van der Waals surface area contributed by atoms with Gasteiger partial charge in [0.2, 0.25) is 11.7 Å². The largest absolute Gasteiger partial charge is 0.355 e. The van der Waals surface area contributed by atoms with Gasteiger partial charge in [0.25, 0.3) is 17.6 Å². The Balaban J connectivity index is 4.99. The number of nitrogens with one attached hydrogen (secondary N) is 4. The Kier molecular flexibility index (Phi) is 8.85. The minimum atomic E-state index is -2.68. The fourth-order valence-corrected chi connectivity index (χ4v) is 2.08. The van der Waals surface area contributed by atoms with Gasteiger partial charge in [-0.3, -0.25) is 19.7 Å². The SMILES string of the molecule is CCN[C@](F)(CS)C(=O)N[C@H](CS)C(=O)N[C@@](C)(F)C(=O)NC. The van der Waals surface area contributed by atoms with Crippen molar-refractivity contribution in [3.05, 3.63) is 0 Å². The molecule has 0 heterocycles. The smallest absolute Gasteiger partial charge is 0.278 e. The monoisotopic (exact) mass is 372 g/mol. The average molecular weight is 372 g/mol. The lowest BCUT2D eigenvalue weighted by Gasteiger charge is -2.27. The molecule has 3 atom stereocenters. The van der Waals surface area contributed by atoms with E-state index in [2.05, 4.69) is 35.9 Å². The first-order valence-electron chi connectivity index (χ1n) is 6.77. The van der Waals surface area contributed by atoms with Gasteiger partial charge in [0.05, 0.1) is 0 Å². The van der Waals surface area contributed by atoms with E-state index in [0.29, 0.717) is 0 Å². The fourth-order valence-electron chi connectivity index (χ4n) is 1.56.